The van der Waals surface area contributed by atoms with Gasteiger partial charge in [-0.25, -0.2) is 0 Å². The molecule has 180 valence electrons. The topological polar surface area (TPSA) is 163 Å². The Bertz CT molecular complexity index is 1230. The summed E-state index contributed by atoms with van der Waals surface area (Å²) in [5, 5.41) is 40.9. The van der Waals surface area contributed by atoms with Gasteiger partial charge in [0.05, 0.1) is 0 Å². The zero-order valence-electron chi connectivity index (χ0n) is 20.0. The molecule has 0 saturated heterocycles. The molecule has 0 atom stereocenters. The lowest BCUT2D eigenvalue weighted by molar-refractivity contribution is 0.881. The molecule has 0 aliphatic heterocycles. The molecule has 12 heteroatoms. The van der Waals surface area contributed by atoms with Crippen molar-refractivity contribution in [1.82, 2.24) is 61.9 Å². The summed E-state index contributed by atoms with van der Waals surface area (Å²) in [5.41, 5.74) is 6.62. The van der Waals surface area contributed by atoms with Gasteiger partial charge in [0.2, 0.25) is 17.5 Å². The van der Waals surface area contributed by atoms with Crippen molar-refractivity contribution >= 4 is 0 Å². The molecular formula is C24H24N12. The molecular weight excluding hydrogens is 456 g/mol. The normalized spacial score (nSPS) is 10.1. The molecule has 3 N–H and O–H groups in total. The van der Waals surface area contributed by atoms with Crippen molar-refractivity contribution in [2.24, 2.45) is 0 Å². The summed E-state index contributed by atoms with van der Waals surface area (Å²) >= 11 is 0. The fraction of sp³-hybridized carbons (Fsp3) is 0.125. The summed E-state index contributed by atoms with van der Waals surface area (Å²) < 4.78 is 0. The van der Waals surface area contributed by atoms with E-state index in [2.05, 4.69) is 61.9 Å². The molecule has 3 aromatic heterocycles. The van der Waals surface area contributed by atoms with E-state index in [9.17, 15) is 0 Å². The first-order valence-corrected chi connectivity index (χ1v) is 11.0. The minimum absolute atomic E-state index is 0.634. The summed E-state index contributed by atoms with van der Waals surface area (Å²) in [7, 11) is 0. The Morgan fingerprint density at radius 1 is 0.389 bits per heavy atom. The van der Waals surface area contributed by atoms with E-state index in [4.69, 9.17) is 0 Å². The Hall–Kier alpha value is -5.13. The standard InChI is InChI=1S/3C8H8N4/c3*1-6-2-4-7(5-3-6)8-9-11-12-10-8/h3*2-5H,1H3,(H,9,10,11,12). The third kappa shape index (κ3) is 6.70. The number of rotatable bonds is 3. The van der Waals surface area contributed by atoms with Crippen LogP contribution in [0.3, 0.4) is 0 Å². The van der Waals surface area contributed by atoms with Gasteiger partial charge in [-0.1, -0.05) is 89.5 Å². The first kappa shape index (κ1) is 24.0. The van der Waals surface area contributed by atoms with Gasteiger partial charge in [-0.3, -0.25) is 0 Å². The number of benzene rings is 3. The molecule has 0 unspecified atom stereocenters. The van der Waals surface area contributed by atoms with Crippen LogP contribution in [0.1, 0.15) is 16.7 Å². The second kappa shape index (κ2) is 11.8. The third-order valence-electron chi connectivity index (χ3n) is 4.97. The van der Waals surface area contributed by atoms with Gasteiger partial charge in [0, 0.05) is 16.7 Å². The van der Waals surface area contributed by atoms with Gasteiger partial charge in [0.1, 0.15) is 0 Å². The molecule has 0 bridgehead atoms. The summed E-state index contributed by atoms with van der Waals surface area (Å²) in [6, 6.07) is 24.0. The summed E-state index contributed by atoms with van der Waals surface area (Å²) in [6.07, 6.45) is 0. The number of nitrogens with one attached hydrogen (secondary N) is 3. The number of hydrogen-bond acceptors (Lipinski definition) is 9. The Labute approximate surface area is 206 Å². The Kier molecular flexibility index (Phi) is 7.89. The molecule has 0 aliphatic rings. The van der Waals surface area contributed by atoms with E-state index in [1.54, 1.807) is 0 Å². The molecule has 12 nitrogen and oxygen atoms in total. The average Bonchev–Trinajstić information content (AvgIpc) is 3.70. The van der Waals surface area contributed by atoms with Crippen LogP contribution in [0.5, 0.6) is 0 Å². The summed E-state index contributed by atoms with van der Waals surface area (Å²) in [4.78, 5) is 0. The smallest absolute Gasteiger partial charge is 0.177 e. The average molecular weight is 481 g/mol. The molecule has 6 rings (SSSR count). The molecule has 3 aromatic carbocycles. The van der Waals surface area contributed by atoms with Crippen molar-refractivity contribution in [1.29, 1.82) is 0 Å². The van der Waals surface area contributed by atoms with Gasteiger partial charge in [-0.2, -0.15) is 15.6 Å². The highest BCUT2D eigenvalue weighted by Gasteiger charge is 2.01. The lowest BCUT2D eigenvalue weighted by Crippen LogP contribution is -1.80. The van der Waals surface area contributed by atoms with E-state index < -0.39 is 0 Å². The number of H-pyrrole nitrogens is 3. The maximum Gasteiger partial charge on any atom is 0.204 e. The number of aromatic nitrogens is 12. The number of hydrogen-bond donors (Lipinski definition) is 3. The molecule has 3 heterocycles. The van der Waals surface area contributed by atoms with E-state index >= 15 is 0 Å². The van der Waals surface area contributed by atoms with Crippen LogP contribution in [0.2, 0.25) is 0 Å². The van der Waals surface area contributed by atoms with Crippen LogP contribution in [0, 0.1) is 20.8 Å². The molecule has 0 aliphatic carbocycles. The molecule has 0 spiro atoms. The van der Waals surface area contributed by atoms with E-state index in [1.807, 2.05) is 93.6 Å². The maximum absolute atomic E-state index is 3.87. The molecule has 0 saturated carbocycles. The van der Waals surface area contributed by atoms with E-state index in [0.717, 1.165) is 16.7 Å². The van der Waals surface area contributed by atoms with E-state index in [-0.39, 0.29) is 0 Å². The zero-order chi connectivity index (χ0) is 25.2. The third-order valence-corrected chi connectivity index (χ3v) is 4.97. The van der Waals surface area contributed by atoms with Crippen LogP contribution >= 0.6 is 0 Å². The summed E-state index contributed by atoms with van der Waals surface area (Å²) in [6.45, 7) is 6.13. The van der Waals surface area contributed by atoms with Crippen molar-refractivity contribution in [3.63, 3.8) is 0 Å². The maximum atomic E-state index is 3.87. The van der Waals surface area contributed by atoms with Crippen LogP contribution in [0.15, 0.2) is 72.8 Å². The largest absolute Gasteiger partial charge is 0.204 e. The lowest BCUT2D eigenvalue weighted by atomic mass is 10.1. The molecule has 6 aromatic rings. The number of aryl methyl sites for hydroxylation is 3. The second-order valence-corrected chi connectivity index (χ2v) is 7.80. The van der Waals surface area contributed by atoms with Crippen LogP contribution in [-0.4, -0.2) is 61.9 Å². The summed E-state index contributed by atoms with van der Waals surface area (Å²) in [5.74, 6) is 1.90. The monoisotopic (exact) mass is 480 g/mol. The highest BCUT2D eigenvalue weighted by Crippen LogP contribution is 2.14. The van der Waals surface area contributed by atoms with Crippen molar-refractivity contribution in [3.05, 3.63) is 89.5 Å². The lowest BCUT2D eigenvalue weighted by Gasteiger charge is -1.93. The van der Waals surface area contributed by atoms with E-state index in [0.29, 0.717) is 17.5 Å². The first-order chi connectivity index (χ1) is 17.6. The zero-order valence-corrected chi connectivity index (χ0v) is 20.0. The van der Waals surface area contributed by atoms with Gasteiger partial charge in [-0.15, -0.1) is 30.6 Å². The fourth-order valence-electron chi connectivity index (χ4n) is 2.96. The number of tetrazole rings is 3. The first-order valence-electron chi connectivity index (χ1n) is 11.0. The van der Waals surface area contributed by atoms with Crippen LogP contribution < -0.4 is 0 Å². The van der Waals surface area contributed by atoms with Gasteiger partial charge < -0.3 is 0 Å². The predicted octanol–water partition coefficient (Wildman–Crippen LogP) is 3.53. The highest BCUT2D eigenvalue weighted by molar-refractivity contribution is 5.55. The minimum Gasteiger partial charge on any atom is -0.177 e. The molecule has 0 radical (unpaired) electrons. The SMILES string of the molecule is Cc1ccc(-c2nn[nH]n2)cc1.Cc1ccc(-c2nn[nH]n2)cc1.Cc1ccc(-c2nn[nH]n2)cc1. The Balaban J connectivity index is 0.000000127. The quantitative estimate of drug-likeness (QED) is 0.344. The molecule has 0 amide bonds. The van der Waals surface area contributed by atoms with Crippen LogP contribution in [0.4, 0.5) is 0 Å². The van der Waals surface area contributed by atoms with Crippen LogP contribution in [0.25, 0.3) is 34.2 Å². The second-order valence-electron chi connectivity index (χ2n) is 7.80. The molecule has 36 heavy (non-hydrogen) atoms. The van der Waals surface area contributed by atoms with E-state index in [1.165, 1.54) is 16.7 Å². The predicted molar refractivity (Wildman–Crippen MR) is 133 cm³/mol. The van der Waals surface area contributed by atoms with Crippen molar-refractivity contribution < 1.29 is 0 Å². The number of nitrogens with zero attached hydrogens (tertiary/aromatic N) is 9. The minimum atomic E-state index is 0.634. The van der Waals surface area contributed by atoms with Gasteiger partial charge in [-0.05, 0) is 36.4 Å². The van der Waals surface area contributed by atoms with Gasteiger partial charge in [0.25, 0.3) is 0 Å². The van der Waals surface area contributed by atoms with Crippen molar-refractivity contribution in [3.8, 4) is 34.2 Å². The van der Waals surface area contributed by atoms with Gasteiger partial charge >= 0.3 is 0 Å². The molecule has 0 fully saturated rings. The fourth-order valence-corrected chi connectivity index (χ4v) is 2.96. The van der Waals surface area contributed by atoms with Gasteiger partial charge in [0.15, 0.2) is 0 Å². The Morgan fingerprint density at radius 3 is 0.833 bits per heavy atom. The highest BCUT2D eigenvalue weighted by atomic mass is 15.5. The van der Waals surface area contributed by atoms with Crippen molar-refractivity contribution in [2.75, 3.05) is 0 Å². The van der Waals surface area contributed by atoms with Crippen LogP contribution in [-0.2, 0) is 0 Å². The Morgan fingerprint density at radius 2 is 0.639 bits per heavy atom. The van der Waals surface area contributed by atoms with Crippen molar-refractivity contribution in [2.45, 2.75) is 20.8 Å². The number of aromatic amines is 3.